The van der Waals surface area contributed by atoms with Crippen molar-refractivity contribution in [2.45, 2.75) is 12.3 Å². The molecule has 2 aromatic carbocycles. The van der Waals surface area contributed by atoms with Gasteiger partial charge in [-0.15, -0.1) is 0 Å². The molecule has 0 aromatic heterocycles. The van der Waals surface area contributed by atoms with Crippen molar-refractivity contribution in [1.29, 1.82) is 0 Å². The van der Waals surface area contributed by atoms with E-state index in [9.17, 15) is 0 Å². The molecule has 0 saturated carbocycles. The first-order valence-corrected chi connectivity index (χ1v) is 6.35. The monoisotopic (exact) mass is 239 g/mol. The SMILES string of the molecule is COc1ccc2c(c1)NCCC2c1ccccc1. The van der Waals surface area contributed by atoms with E-state index in [1.54, 1.807) is 7.11 Å². The molecule has 18 heavy (non-hydrogen) atoms. The van der Waals surface area contributed by atoms with Crippen molar-refractivity contribution in [3.8, 4) is 5.75 Å². The Morgan fingerprint density at radius 1 is 1.11 bits per heavy atom. The predicted octanol–water partition coefficient (Wildman–Crippen LogP) is 3.64. The van der Waals surface area contributed by atoms with Crippen molar-refractivity contribution in [2.75, 3.05) is 19.0 Å². The molecule has 0 amide bonds. The third kappa shape index (κ3) is 1.94. The molecule has 0 saturated heterocycles. The second-order valence-corrected chi connectivity index (χ2v) is 4.63. The molecule has 0 radical (unpaired) electrons. The smallest absolute Gasteiger partial charge is 0.120 e. The van der Waals surface area contributed by atoms with Crippen molar-refractivity contribution in [3.05, 3.63) is 59.7 Å². The maximum atomic E-state index is 5.28. The van der Waals surface area contributed by atoms with E-state index in [0.717, 1.165) is 18.7 Å². The number of rotatable bonds is 2. The molecule has 1 N–H and O–H groups in total. The highest BCUT2D eigenvalue weighted by Gasteiger charge is 2.21. The van der Waals surface area contributed by atoms with Gasteiger partial charge in [0.2, 0.25) is 0 Å². The molecule has 1 atom stereocenters. The van der Waals surface area contributed by atoms with Crippen LogP contribution in [-0.4, -0.2) is 13.7 Å². The minimum Gasteiger partial charge on any atom is -0.497 e. The molecule has 2 nitrogen and oxygen atoms in total. The Morgan fingerprint density at radius 2 is 1.94 bits per heavy atom. The van der Waals surface area contributed by atoms with Gasteiger partial charge in [-0.05, 0) is 23.6 Å². The fourth-order valence-electron chi connectivity index (χ4n) is 2.66. The van der Waals surface area contributed by atoms with Gasteiger partial charge in [0.25, 0.3) is 0 Å². The van der Waals surface area contributed by atoms with Gasteiger partial charge in [0, 0.05) is 24.2 Å². The maximum Gasteiger partial charge on any atom is 0.120 e. The van der Waals surface area contributed by atoms with Crippen molar-refractivity contribution >= 4 is 5.69 Å². The number of hydrogen-bond acceptors (Lipinski definition) is 2. The Kier molecular flexibility index (Phi) is 2.93. The fraction of sp³-hybridized carbons (Fsp3) is 0.250. The van der Waals surface area contributed by atoms with Gasteiger partial charge in [0.05, 0.1) is 7.11 Å². The van der Waals surface area contributed by atoms with Crippen LogP contribution in [0.25, 0.3) is 0 Å². The first kappa shape index (κ1) is 11.1. The van der Waals surface area contributed by atoms with Gasteiger partial charge >= 0.3 is 0 Å². The van der Waals surface area contributed by atoms with Crippen molar-refractivity contribution in [3.63, 3.8) is 0 Å². The third-order valence-corrected chi connectivity index (χ3v) is 3.59. The van der Waals surface area contributed by atoms with Gasteiger partial charge in [0.15, 0.2) is 0 Å². The number of anilines is 1. The van der Waals surface area contributed by atoms with Gasteiger partial charge in [-0.2, -0.15) is 0 Å². The van der Waals surface area contributed by atoms with Gasteiger partial charge in [-0.25, -0.2) is 0 Å². The summed E-state index contributed by atoms with van der Waals surface area (Å²) in [5.41, 5.74) is 3.97. The number of benzene rings is 2. The molecule has 0 fully saturated rings. The zero-order valence-electron chi connectivity index (χ0n) is 10.5. The van der Waals surface area contributed by atoms with Crippen LogP contribution in [0.4, 0.5) is 5.69 Å². The van der Waals surface area contributed by atoms with E-state index in [2.05, 4.69) is 47.8 Å². The van der Waals surface area contributed by atoms with Gasteiger partial charge < -0.3 is 10.1 Å². The second-order valence-electron chi connectivity index (χ2n) is 4.63. The van der Waals surface area contributed by atoms with Crippen molar-refractivity contribution in [1.82, 2.24) is 0 Å². The van der Waals surface area contributed by atoms with Crippen molar-refractivity contribution < 1.29 is 4.74 Å². The minimum atomic E-state index is 0.494. The van der Waals surface area contributed by atoms with Crippen LogP contribution in [0.2, 0.25) is 0 Å². The summed E-state index contributed by atoms with van der Waals surface area (Å²) in [6, 6.07) is 17.0. The van der Waals surface area contributed by atoms with Gasteiger partial charge in [-0.1, -0.05) is 36.4 Å². The van der Waals surface area contributed by atoms with Gasteiger partial charge in [0.1, 0.15) is 5.75 Å². The lowest BCUT2D eigenvalue weighted by Crippen LogP contribution is -2.17. The minimum absolute atomic E-state index is 0.494. The Labute approximate surface area is 108 Å². The summed E-state index contributed by atoms with van der Waals surface area (Å²) in [6.07, 6.45) is 1.14. The summed E-state index contributed by atoms with van der Waals surface area (Å²) in [4.78, 5) is 0. The second kappa shape index (κ2) is 4.73. The van der Waals surface area contributed by atoms with E-state index >= 15 is 0 Å². The van der Waals surface area contributed by atoms with Crippen LogP contribution < -0.4 is 10.1 Å². The molecular formula is C16H17NO. The zero-order valence-corrected chi connectivity index (χ0v) is 10.5. The molecule has 92 valence electrons. The molecule has 0 aliphatic carbocycles. The van der Waals surface area contributed by atoms with Crippen molar-refractivity contribution in [2.24, 2.45) is 0 Å². The largest absolute Gasteiger partial charge is 0.497 e. The third-order valence-electron chi connectivity index (χ3n) is 3.59. The molecule has 3 rings (SSSR count). The maximum absolute atomic E-state index is 5.28. The molecular weight excluding hydrogens is 222 g/mol. The van der Waals surface area contributed by atoms with Crippen LogP contribution in [0.15, 0.2) is 48.5 Å². The number of nitrogens with one attached hydrogen (secondary N) is 1. The number of hydrogen-bond donors (Lipinski definition) is 1. The van der Waals surface area contributed by atoms with Crippen LogP contribution in [0, 0.1) is 0 Å². The molecule has 2 aromatic rings. The summed E-state index contributed by atoms with van der Waals surface area (Å²) >= 11 is 0. The van der Waals surface area contributed by atoms with E-state index < -0.39 is 0 Å². The highest BCUT2D eigenvalue weighted by Crippen LogP contribution is 2.37. The molecule has 0 spiro atoms. The van der Waals surface area contributed by atoms with E-state index in [0.29, 0.717) is 5.92 Å². The van der Waals surface area contributed by atoms with Crippen LogP contribution in [0.3, 0.4) is 0 Å². The van der Waals surface area contributed by atoms with Crippen LogP contribution in [0.5, 0.6) is 5.75 Å². The Balaban J connectivity index is 2.02. The van der Waals surface area contributed by atoms with E-state index in [1.165, 1.54) is 16.8 Å². The highest BCUT2D eigenvalue weighted by molar-refractivity contribution is 5.60. The normalized spacial score (nSPS) is 17.7. The lowest BCUT2D eigenvalue weighted by Gasteiger charge is -2.27. The van der Waals surface area contributed by atoms with Gasteiger partial charge in [-0.3, -0.25) is 0 Å². The highest BCUT2D eigenvalue weighted by atomic mass is 16.5. The molecule has 0 bridgehead atoms. The molecule has 1 unspecified atom stereocenters. The Bertz CT molecular complexity index is 536. The Hall–Kier alpha value is -1.96. The molecule has 1 aliphatic heterocycles. The van der Waals surface area contributed by atoms with E-state index in [4.69, 9.17) is 4.74 Å². The standard InChI is InChI=1S/C16H17NO/c1-18-13-7-8-15-14(9-10-17-16(15)11-13)12-5-3-2-4-6-12/h2-8,11,14,17H,9-10H2,1H3. The topological polar surface area (TPSA) is 21.3 Å². The van der Waals surface area contributed by atoms with E-state index in [-0.39, 0.29) is 0 Å². The zero-order chi connectivity index (χ0) is 12.4. The predicted molar refractivity (Wildman–Crippen MR) is 74.4 cm³/mol. The van der Waals surface area contributed by atoms with E-state index in [1.807, 2.05) is 6.07 Å². The molecule has 1 heterocycles. The first-order chi connectivity index (χ1) is 8.88. The average Bonchev–Trinajstić information content (AvgIpc) is 2.47. The summed E-state index contributed by atoms with van der Waals surface area (Å²) in [6.45, 7) is 1.01. The Morgan fingerprint density at radius 3 is 2.72 bits per heavy atom. The average molecular weight is 239 g/mol. The summed E-state index contributed by atoms with van der Waals surface area (Å²) in [5, 5.41) is 3.46. The molecule has 1 aliphatic rings. The number of fused-ring (bicyclic) bond motifs is 1. The number of methoxy groups -OCH3 is 1. The summed E-state index contributed by atoms with van der Waals surface area (Å²) in [7, 11) is 1.71. The quantitative estimate of drug-likeness (QED) is 0.863. The van der Waals surface area contributed by atoms with Crippen LogP contribution >= 0.6 is 0 Å². The van der Waals surface area contributed by atoms with Crippen LogP contribution in [0.1, 0.15) is 23.5 Å². The molecule has 2 heteroatoms. The lowest BCUT2D eigenvalue weighted by molar-refractivity contribution is 0.414. The number of ether oxygens (including phenoxy) is 1. The lowest BCUT2D eigenvalue weighted by atomic mass is 9.85. The fourth-order valence-corrected chi connectivity index (χ4v) is 2.66. The van der Waals surface area contributed by atoms with Crippen LogP contribution in [-0.2, 0) is 0 Å². The summed E-state index contributed by atoms with van der Waals surface area (Å²) in [5.74, 6) is 1.41. The summed E-state index contributed by atoms with van der Waals surface area (Å²) < 4.78 is 5.28. The first-order valence-electron chi connectivity index (χ1n) is 6.35.